The van der Waals surface area contributed by atoms with Gasteiger partial charge in [0, 0.05) is 42.7 Å². The Morgan fingerprint density at radius 2 is 1.87 bits per heavy atom. The highest BCUT2D eigenvalue weighted by Gasteiger charge is 2.46. The Bertz CT molecular complexity index is 1540. The van der Waals surface area contributed by atoms with Gasteiger partial charge in [-0.15, -0.1) is 0 Å². The van der Waals surface area contributed by atoms with E-state index in [0.29, 0.717) is 17.5 Å². The third-order valence-electron chi connectivity index (χ3n) is 7.49. The number of fused-ring (bicyclic) bond motifs is 3. The summed E-state index contributed by atoms with van der Waals surface area (Å²) in [5, 5.41) is 0.350. The number of pyridine rings is 1. The third-order valence-corrected chi connectivity index (χ3v) is 7.49. The lowest BCUT2D eigenvalue weighted by molar-refractivity contribution is -0.140. The molecule has 11 heteroatoms. The van der Waals surface area contributed by atoms with Crippen molar-refractivity contribution < 1.29 is 27.1 Å². The van der Waals surface area contributed by atoms with Gasteiger partial charge in [0.25, 0.3) is 5.91 Å². The van der Waals surface area contributed by atoms with Gasteiger partial charge in [0.05, 0.1) is 13.7 Å². The summed E-state index contributed by atoms with van der Waals surface area (Å²) in [7, 11) is 1.36. The van der Waals surface area contributed by atoms with Crippen molar-refractivity contribution in [2.75, 3.05) is 20.2 Å². The van der Waals surface area contributed by atoms with E-state index in [2.05, 4.69) is 27.0 Å². The van der Waals surface area contributed by atoms with Crippen LogP contribution < -0.4 is 10.5 Å². The molecule has 0 aliphatic carbocycles. The van der Waals surface area contributed by atoms with Crippen molar-refractivity contribution >= 4 is 16.8 Å². The van der Waals surface area contributed by atoms with Gasteiger partial charge < -0.3 is 19.8 Å². The smallest absolute Gasteiger partial charge is 0.433 e. The Morgan fingerprint density at radius 1 is 1.08 bits per heavy atom. The lowest BCUT2D eigenvalue weighted by Crippen LogP contribution is -2.48. The first-order valence-corrected chi connectivity index (χ1v) is 12.6. The second-order valence-electron chi connectivity index (χ2n) is 9.82. The lowest BCUT2D eigenvalue weighted by Gasteiger charge is -2.34. The molecule has 4 heterocycles. The Hall–Kier alpha value is -3.96. The number of alkyl halides is 3. The van der Waals surface area contributed by atoms with E-state index in [9.17, 15) is 18.0 Å². The first-order valence-electron chi connectivity index (χ1n) is 12.6. The van der Waals surface area contributed by atoms with Crippen LogP contribution in [0.4, 0.5) is 13.2 Å². The molecule has 2 fully saturated rings. The summed E-state index contributed by atoms with van der Waals surface area (Å²) in [5.41, 5.74) is 6.64. The van der Waals surface area contributed by atoms with Crippen LogP contribution in [0.1, 0.15) is 33.9 Å². The number of carbonyl (C=O) groups is 1. The van der Waals surface area contributed by atoms with Crippen molar-refractivity contribution in [3.8, 4) is 17.2 Å². The van der Waals surface area contributed by atoms with E-state index in [4.69, 9.17) is 14.9 Å². The van der Waals surface area contributed by atoms with Crippen LogP contribution in [0.5, 0.6) is 5.75 Å². The lowest BCUT2D eigenvalue weighted by atomic mass is 10.1. The molecule has 0 unspecified atom stereocenters. The molecule has 2 aliphatic heterocycles. The third kappa shape index (κ3) is 4.51. The van der Waals surface area contributed by atoms with Gasteiger partial charge in [0.15, 0.2) is 11.5 Å². The first kappa shape index (κ1) is 25.3. The number of benzene rings is 2. The number of nitrogens with zero attached hydrogens (tertiary/aromatic N) is 4. The van der Waals surface area contributed by atoms with Crippen LogP contribution in [-0.4, -0.2) is 58.0 Å². The fourth-order valence-electron chi connectivity index (χ4n) is 5.62. The molecule has 2 atom stereocenters. The van der Waals surface area contributed by atoms with Crippen LogP contribution in [0.25, 0.3) is 22.4 Å². The van der Waals surface area contributed by atoms with Crippen molar-refractivity contribution in [2.45, 2.75) is 37.8 Å². The maximum absolute atomic E-state index is 13.6. The predicted molar refractivity (Wildman–Crippen MR) is 137 cm³/mol. The summed E-state index contributed by atoms with van der Waals surface area (Å²) in [6, 6.07) is 15.9. The normalized spacial score (nSPS) is 19.3. The van der Waals surface area contributed by atoms with Crippen molar-refractivity contribution in [1.82, 2.24) is 19.8 Å². The number of oxazole rings is 1. The van der Waals surface area contributed by atoms with Crippen molar-refractivity contribution in [3.05, 3.63) is 77.3 Å². The number of piperazine rings is 1. The average Bonchev–Trinajstić information content (AvgIpc) is 3.66. The molecule has 8 nitrogen and oxygen atoms in total. The number of methoxy groups -OCH3 is 1. The highest BCUT2D eigenvalue weighted by atomic mass is 19.4. The van der Waals surface area contributed by atoms with E-state index in [-0.39, 0.29) is 53.1 Å². The number of hydrogen-bond acceptors (Lipinski definition) is 7. The molecule has 6 rings (SSSR count). The summed E-state index contributed by atoms with van der Waals surface area (Å²) >= 11 is 0. The topological polar surface area (TPSA) is 97.7 Å². The molecule has 0 saturated carbocycles. The molecule has 4 aromatic rings. The Kier molecular flexibility index (Phi) is 6.27. The molecule has 2 N–H and O–H groups in total. The number of halogens is 3. The minimum Gasteiger partial charge on any atom is -0.494 e. The number of nitrogens with two attached hydrogens (primary N) is 1. The molecule has 39 heavy (non-hydrogen) atoms. The van der Waals surface area contributed by atoms with Crippen LogP contribution in [0.2, 0.25) is 0 Å². The summed E-state index contributed by atoms with van der Waals surface area (Å²) in [6.45, 7) is 2.13. The predicted octanol–water partition coefficient (Wildman–Crippen LogP) is 4.47. The fraction of sp³-hybridized carbons (Fsp3) is 0.321. The van der Waals surface area contributed by atoms with Gasteiger partial charge in [-0.05, 0) is 36.2 Å². The summed E-state index contributed by atoms with van der Waals surface area (Å²) in [5.74, 6) is 0.230. The number of ether oxygens (including phenoxy) is 1. The van der Waals surface area contributed by atoms with E-state index in [1.807, 2.05) is 23.1 Å². The zero-order valence-corrected chi connectivity index (χ0v) is 21.1. The van der Waals surface area contributed by atoms with E-state index < -0.39 is 11.9 Å². The standard InChI is InChI=1S/C28H26F3N5O3/c1-38-21-9-7-20(19-8-10-23(28(29,30)31)33-24(19)21)26-34-25(22(12-32)39-26)27(37)36-15-17-11-18(36)14-35(17)13-16-5-3-2-4-6-16/h2-10,17-18H,11-15,32H2,1H3/t17-,18-/m1/s1. The van der Waals surface area contributed by atoms with E-state index in [0.717, 1.165) is 25.6 Å². The van der Waals surface area contributed by atoms with Crippen LogP contribution in [0, 0.1) is 0 Å². The van der Waals surface area contributed by atoms with Crippen LogP contribution >= 0.6 is 0 Å². The highest BCUT2D eigenvalue weighted by Crippen LogP contribution is 2.38. The van der Waals surface area contributed by atoms with Gasteiger partial charge in [-0.1, -0.05) is 30.3 Å². The Labute approximate surface area is 222 Å². The minimum absolute atomic E-state index is 0.0144. The molecule has 2 bridgehead atoms. The minimum atomic E-state index is -4.61. The number of rotatable bonds is 6. The largest absolute Gasteiger partial charge is 0.494 e. The zero-order valence-electron chi connectivity index (χ0n) is 21.1. The quantitative estimate of drug-likeness (QED) is 0.388. The van der Waals surface area contributed by atoms with Gasteiger partial charge in [-0.3, -0.25) is 9.69 Å². The molecule has 2 aromatic carbocycles. The Balaban J connectivity index is 1.28. The van der Waals surface area contributed by atoms with Gasteiger partial charge >= 0.3 is 6.18 Å². The highest BCUT2D eigenvalue weighted by molar-refractivity contribution is 5.98. The molecule has 0 spiro atoms. The monoisotopic (exact) mass is 537 g/mol. The van der Waals surface area contributed by atoms with Crippen LogP contribution in [-0.2, 0) is 19.3 Å². The summed E-state index contributed by atoms with van der Waals surface area (Å²) in [6.07, 6.45) is -3.73. The molecule has 2 aromatic heterocycles. The maximum atomic E-state index is 13.6. The number of hydrogen-bond donors (Lipinski definition) is 1. The van der Waals surface area contributed by atoms with E-state index >= 15 is 0 Å². The summed E-state index contributed by atoms with van der Waals surface area (Å²) < 4.78 is 51.1. The molecule has 202 valence electrons. The van der Waals surface area contributed by atoms with Crippen LogP contribution in [0.3, 0.4) is 0 Å². The SMILES string of the molecule is COc1ccc(-c2nc(C(=O)N3C[C@H]4C[C@@H]3CN4Cc3ccccc3)c(CN)o2)c2ccc(C(F)(F)F)nc12. The molecular formula is C28H26F3N5O3. The molecule has 2 saturated heterocycles. The van der Waals surface area contributed by atoms with Crippen molar-refractivity contribution in [3.63, 3.8) is 0 Å². The fourth-order valence-corrected chi connectivity index (χ4v) is 5.62. The van der Waals surface area contributed by atoms with Gasteiger partial charge in [0.1, 0.15) is 17.0 Å². The van der Waals surface area contributed by atoms with Gasteiger partial charge in [-0.2, -0.15) is 13.2 Å². The van der Waals surface area contributed by atoms with Crippen molar-refractivity contribution in [2.24, 2.45) is 5.73 Å². The summed E-state index contributed by atoms with van der Waals surface area (Å²) in [4.78, 5) is 26.1. The zero-order chi connectivity index (χ0) is 27.3. The number of amides is 1. The van der Waals surface area contributed by atoms with Crippen LogP contribution in [0.15, 0.2) is 59.0 Å². The first-order chi connectivity index (χ1) is 18.8. The molecule has 1 amide bonds. The second kappa shape index (κ2) is 9.65. The molecular weight excluding hydrogens is 511 g/mol. The van der Waals surface area contributed by atoms with E-state index in [1.165, 1.54) is 24.8 Å². The average molecular weight is 538 g/mol. The van der Waals surface area contributed by atoms with Gasteiger partial charge in [-0.25, -0.2) is 9.97 Å². The second-order valence-corrected chi connectivity index (χ2v) is 9.82. The van der Waals surface area contributed by atoms with Gasteiger partial charge in [0.2, 0.25) is 5.89 Å². The maximum Gasteiger partial charge on any atom is 0.433 e. The number of likely N-dealkylation sites (tertiary alicyclic amines) is 2. The number of aromatic nitrogens is 2. The Morgan fingerprint density at radius 3 is 2.54 bits per heavy atom. The molecule has 0 radical (unpaired) electrons. The number of carbonyl (C=O) groups excluding carboxylic acids is 1. The van der Waals surface area contributed by atoms with Crippen molar-refractivity contribution in [1.29, 1.82) is 0 Å². The molecule has 2 aliphatic rings. The van der Waals surface area contributed by atoms with E-state index in [1.54, 1.807) is 6.07 Å².